The molecule has 4 heteroatoms. The number of aryl methyl sites for hydroxylation is 1. The first kappa shape index (κ1) is 17.8. The number of nitrogens with zero attached hydrogens (tertiary/aromatic N) is 3. The second-order valence-electron chi connectivity index (χ2n) is 8.99. The number of hydrogen-bond donors (Lipinski definition) is 0. The number of likely N-dealkylation sites (tertiary alicyclic amines) is 1. The van der Waals surface area contributed by atoms with Gasteiger partial charge in [0.25, 0.3) is 0 Å². The molecule has 2 fully saturated rings. The quantitative estimate of drug-likeness (QED) is 0.792. The van der Waals surface area contributed by atoms with E-state index in [1.165, 1.54) is 36.9 Å². The first-order chi connectivity index (χ1) is 13.7. The van der Waals surface area contributed by atoms with Crippen molar-refractivity contribution in [1.29, 1.82) is 0 Å². The van der Waals surface area contributed by atoms with Gasteiger partial charge in [0.15, 0.2) is 5.82 Å². The molecule has 146 valence electrons. The molecule has 3 aliphatic rings. The summed E-state index contributed by atoms with van der Waals surface area (Å²) in [6.45, 7) is 1.76. The van der Waals surface area contributed by atoms with Crippen LogP contribution in [0.15, 0.2) is 36.5 Å². The molecule has 1 aliphatic heterocycles. The first-order valence-electron chi connectivity index (χ1n) is 10.9. The summed E-state index contributed by atoms with van der Waals surface area (Å²) < 4.78 is 0. The monoisotopic (exact) mass is 375 g/mol. The van der Waals surface area contributed by atoms with Crippen molar-refractivity contribution < 1.29 is 4.79 Å². The molecule has 28 heavy (non-hydrogen) atoms. The van der Waals surface area contributed by atoms with E-state index in [0.717, 1.165) is 56.6 Å². The highest BCUT2D eigenvalue weighted by Gasteiger charge is 2.44. The molecule has 1 aromatic heterocycles. The molecular formula is C24H29N3O. The van der Waals surface area contributed by atoms with E-state index in [0.29, 0.717) is 11.8 Å². The summed E-state index contributed by atoms with van der Waals surface area (Å²) in [6, 6.07) is 10.2. The Kier molecular flexibility index (Phi) is 4.65. The van der Waals surface area contributed by atoms with Crippen molar-refractivity contribution in [2.45, 2.75) is 63.2 Å². The Labute approximate surface area is 167 Å². The Morgan fingerprint density at radius 3 is 2.75 bits per heavy atom. The summed E-state index contributed by atoms with van der Waals surface area (Å²) >= 11 is 0. The molecule has 1 saturated carbocycles. The van der Waals surface area contributed by atoms with E-state index in [1.54, 1.807) is 0 Å². The Morgan fingerprint density at radius 1 is 1.11 bits per heavy atom. The predicted octanol–water partition coefficient (Wildman–Crippen LogP) is 4.53. The summed E-state index contributed by atoms with van der Waals surface area (Å²) in [5.74, 6) is 1.81. The SMILES string of the molecule is O=C(CC1CCCC1)N1CCCC2(CCc3cnc(-c4ccccc4)nc32)C1. The lowest BCUT2D eigenvalue weighted by molar-refractivity contribution is -0.134. The highest BCUT2D eigenvalue weighted by molar-refractivity contribution is 5.77. The second-order valence-corrected chi connectivity index (χ2v) is 8.99. The summed E-state index contributed by atoms with van der Waals surface area (Å²) in [5, 5.41) is 0. The molecule has 2 heterocycles. The summed E-state index contributed by atoms with van der Waals surface area (Å²) in [6.07, 6.45) is 12.2. The third kappa shape index (κ3) is 3.23. The number of benzene rings is 1. The average Bonchev–Trinajstić information content (AvgIpc) is 3.37. The number of fused-ring (bicyclic) bond motifs is 2. The van der Waals surface area contributed by atoms with E-state index in [2.05, 4.69) is 22.0 Å². The molecule has 1 spiro atoms. The zero-order valence-electron chi connectivity index (χ0n) is 16.6. The fourth-order valence-corrected chi connectivity index (χ4v) is 5.60. The Balaban J connectivity index is 1.39. The molecule has 1 unspecified atom stereocenters. The molecule has 1 atom stereocenters. The standard InChI is InChI=1S/C24H29N3O/c28-21(15-18-7-4-5-8-18)27-14-6-12-24(17-27)13-11-20-16-25-23(26-22(20)24)19-9-2-1-3-10-19/h1-3,9-10,16,18H,4-8,11-15,17H2. The lowest BCUT2D eigenvalue weighted by Crippen LogP contribution is -2.48. The molecular weight excluding hydrogens is 346 g/mol. The van der Waals surface area contributed by atoms with Gasteiger partial charge in [-0.2, -0.15) is 0 Å². The third-order valence-corrected chi connectivity index (χ3v) is 7.14. The van der Waals surface area contributed by atoms with Crippen LogP contribution < -0.4 is 0 Å². The largest absolute Gasteiger partial charge is 0.342 e. The fraction of sp³-hybridized carbons (Fsp3) is 0.542. The summed E-state index contributed by atoms with van der Waals surface area (Å²) in [5.41, 5.74) is 3.59. The summed E-state index contributed by atoms with van der Waals surface area (Å²) in [7, 11) is 0. The topological polar surface area (TPSA) is 46.1 Å². The van der Waals surface area contributed by atoms with Crippen molar-refractivity contribution in [2.24, 2.45) is 5.92 Å². The maximum absolute atomic E-state index is 13.0. The van der Waals surface area contributed by atoms with Crippen LogP contribution in [-0.4, -0.2) is 33.9 Å². The molecule has 0 N–H and O–H groups in total. The van der Waals surface area contributed by atoms with Gasteiger partial charge in [0.2, 0.25) is 5.91 Å². The van der Waals surface area contributed by atoms with E-state index in [4.69, 9.17) is 4.98 Å². The normalized spacial score (nSPS) is 24.6. The molecule has 5 rings (SSSR count). The van der Waals surface area contributed by atoms with Gasteiger partial charge in [-0.25, -0.2) is 9.97 Å². The van der Waals surface area contributed by atoms with E-state index in [9.17, 15) is 4.79 Å². The van der Waals surface area contributed by atoms with Crippen LogP contribution in [0.4, 0.5) is 0 Å². The van der Waals surface area contributed by atoms with Gasteiger partial charge in [-0.3, -0.25) is 4.79 Å². The predicted molar refractivity (Wildman–Crippen MR) is 110 cm³/mol. The molecule has 1 aromatic carbocycles. The smallest absolute Gasteiger partial charge is 0.222 e. The molecule has 4 nitrogen and oxygen atoms in total. The lowest BCUT2D eigenvalue weighted by atomic mass is 9.77. The molecule has 1 saturated heterocycles. The van der Waals surface area contributed by atoms with E-state index in [1.807, 2.05) is 24.4 Å². The minimum Gasteiger partial charge on any atom is -0.342 e. The van der Waals surface area contributed by atoms with Gasteiger partial charge in [0, 0.05) is 36.7 Å². The maximum Gasteiger partial charge on any atom is 0.222 e. The van der Waals surface area contributed by atoms with Gasteiger partial charge in [-0.05, 0) is 50.0 Å². The van der Waals surface area contributed by atoms with Crippen LogP contribution in [-0.2, 0) is 16.6 Å². The van der Waals surface area contributed by atoms with Crippen molar-refractivity contribution in [2.75, 3.05) is 13.1 Å². The number of carbonyl (C=O) groups is 1. The van der Waals surface area contributed by atoms with Crippen LogP contribution >= 0.6 is 0 Å². The minimum atomic E-state index is 0.0331. The number of hydrogen-bond acceptors (Lipinski definition) is 3. The van der Waals surface area contributed by atoms with Gasteiger partial charge in [-0.15, -0.1) is 0 Å². The fourth-order valence-electron chi connectivity index (χ4n) is 5.60. The van der Waals surface area contributed by atoms with Crippen LogP contribution in [0.5, 0.6) is 0 Å². The molecule has 0 bridgehead atoms. The third-order valence-electron chi connectivity index (χ3n) is 7.14. The van der Waals surface area contributed by atoms with Crippen LogP contribution in [0, 0.1) is 5.92 Å². The number of aromatic nitrogens is 2. The van der Waals surface area contributed by atoms with Gasteiger partial charge < -0.3 is 4.90 Å². The number of amides is 1. The van der Waals surface area contributed by atoms with E-state index >= 15 is 0 Å². The van der Waals surface area contributed by atoms with Crippen LogP contribution in [0.1, 0.15) is 62.6 Å². The zero-order valence-corrected chi connectivity index (χ0v) is 16.6. The van der Waals surface area contributed by atoms with Crippen molar-refractivity contribution in [3.05, 3.63) is 47.8 Å². The maximum atomic E-state index is 13.0. The Bertz CT molecular complexity index is 855. The average molecular weight is 376 g/mol. The van der Waals surface area contributed by atoms with Crippen LogP contribution in [0.3, 0.4) is 0 Å². The molecule has 1 amide bonds. The Morgan fingerprint density at radius 2 is 1.93 bits per heavy atom. The number of piperidine rings is 1. The van der Waals surface area contributed by atoms with Crippen molar-refractivity contribution in [3.8, 4) is 11.4 Å². The van der Waals surface area contributed by atoms with Crippen molar-refractivity contribution in [1.82, 2.24) is 14.9 Å². The first-order valence-corrected chi connectivity index (χ1v) is 10.9. The number of rotatable bonds is 3. The van der Waals surface area contributed by atoms with E-state index < -0.39 is 0 Å². The van der Waals surface area contributed by atoms with E-state index in [-0.39, 0.29) is 5.41 Å². The van der Waals surface area contributed by atoms with Crippen LogP contribution in [0.25, 0.3) is 11.4 Å². The highest BCUT2D eigenvalue weighted by Crippen LogP contribution is 2.44. The molecule has 2 aromatic rings. The zero-order chi connectivity index (χ0) is 19.0. The number of carbonyl (C=O) groups excluding carboxylic acids is 1. The van der Waals surface area contributed by atoms with Crippen molar-refractivity contribution in [3.63, 3.8) is 0 Å². The van der Waals surface area contributed by atoms with Gasteiger partial charge >= 0.3 is 0 Å². The van der Waals surface area contributed by atoms with Crippen molar-refractivity contribution >= 4 is 5.91 Å². The molecule has 0 radical (unpaired) electrons. The van der Waals surface area contributed by atoms with Gasteiger partial charge in [-0.1, -0.05) is 43.2 Å². The molecule has 2 aliphatic carbocycles. The van der Waals surface area contributed by atoms with Gasteiger partial charge in [0.05, 0.1) is 5.69 Å². The Hall–Kier alpha value is -2.23. The lowest BCUT2D eigenvalue weighted by Gasteiger charge is -2.41. The highest BCUT2D eigenvalue weighted by atomic mass is 16.2. The van der Waals surface area contributed by atoms with Crippen LogP contribution in [0.2, 0.25) is 0 Å². The second kappa shape index (κ2) is 7.31. The summed E-state index contributed by atoms with van der Waals surface area (Å²) in [4.78, 5) is 24.8. The van der Waals surface area contributed by atoms with Gasteiger partial charge in [0.1, 0.15) is 0 Å². The minimum absolute atomic E-state index is 0.0331.